The maximum Gasteiger partial charge on any atom is 0.315 e. The van der Waals surface area contributed by atoms with Crippen molar-refractivity contribution in [1.29, 1.82) is 0 Å². The number of carbonyl (C=O) groups is 1. The lowest BCUT2D eigenvalue weighted by atomic mass is 10.0. The van der Waals surface area contributed by atoms with E-state index in [1.54, 1.807) is 12.1 Å². The lowest BCUT2D eigenvalue weighted by molar-refractivity contribution is -0.00917. The summed E-state index contributed by atoms with van der Waals surface area (Å²) in [4.78, 5) is 12.2. The average molecular weight is 336 g/mol. The van der Waals surface area contributed by atoms with Crippen molar-refractivity contribution < 1.29 is 18.7 Å². The minimum atomic E-state index is -0.411. The number of carbonyl (C=O) groups excluding carboxylic acids is 1. The number of hydrogen-bond donors (Lipinski definition) is 2. The molecule has 2 aliphatic rings. The highest BCUT2D eigenvalue weighted by Gasteiger charge is 2.36. The Morgan fingerprint density at radius 3 is 2.88 bits per heavy atom. The van der Waals surface area contributed by atoms with Gasteiger partial charge in [0.2, 0.25) is 0 Å². The topological polar surface area (TPSA) is 59.6 Å². The molecule has 2 amide bonds. The zero-order chi connectivity index (χ0) is 17.1. The van der Waals surface area contributed by atoms with Gasteiger partial charge < -0.3 is 20.1 Å². The molecule has 5 nitrogen and oxygen atoms in total. The number of halogens is 1. The van der Waals surface area contributed by atoms with Crippen molar-refractivity contribution in [1.82, 2.24) is 10.6 Å². The summed E-state index contributed by atoms with van der Waals surface area (Å²) in [7, 11) is 1.43. The molecule has 0 unspecified atom stereocenters. The van der Waals surface area contributed by atoms with Crippen LogP contribution in [0.2, 0.25) is 0 Å². The fourth-order valence-corrected chi connectivity index (χ4v) is 3.21. The number of methoxy groups -OCH3 is 1. The van der Waals surface area contributed by atoms with Crippen molar-refractivity contribution in [2.75, 3.05) is 13.7 Å². The highest BCUT2D eigenvalue weighted by Crippen LogP contribution is 2.38. The Hall–Kier alpha value is -1.82. The first kappa shape index (κ1) is 17.0. The van der Waals surface area contributed by atoms with Crippen LogP contribution in [-0.2, 0) is 4.74 Å². The smallest absolute Gasteiger partial charge is 0.315 e. The molecule has 0 radical (unpaired) electrons. The molecule has 2 N–H and O–H groups in total. The van der Waals surface area contributed by atoms with Crippen molar-refractivity contribution in [3.8, 4) is 5.75 Å². The zero-order valence-electron chi connectivity index (χ0n) is 14.2. The van der Waals surface area contributed by atoms with Gasteiger partial charge in [-0.25, -0.2) is 9.18 Å². The second-order valence-electron chi connectivity index (χ2n) is 6.70. The largest absolute Gasteiger partial charge is 0.494 e. The molecule has 0 bridgehead atoms. The Labute approximate surface area is 141 Å². The van der Waals surface area contributed by atoms with Crippen molar-refractivity contribution in [3.05, 3.63) is 29.6 Å². The van der Waals surface area contributed by atoms with Gasteiger partial charge in [-0.05, 0) is 56.2 Å². The third-order valence-electron chi connectivity index (χ3n) is 4.82. The molecule has 2 fully saturated rings. The number of ether oxygens (including phenoxy) is 2. The van der Waals surface area contributed by atoms with Gasteiger partial charge in [0.25, 0.3) is 0 Å². The van der Waals surface area contributed by atoms with Gasteiger partial charge in [0.05, 0.1) is 19.3 Å². The molecule has 1 saturated carbocycles. The van der Waals surface area contributed by atoms with E-state index >= 15 is 0 Å². The van der Waals surface area contributed by atoms with Crippen molar-refractivity contribution in [2.45, 2.75) is 50.8 Å². The molecule has 1 saturated heterocycles. The van der Waals surface area contributed by atoms with E-state index in [2.05, 4.69) is 10.6 Å². The van der Waals surface area contributed by atoms with Crippen LogP contribution in [0.25, 0.3) is 0 Å². The molecule has 1 aliphatic carbocycles. The van der Waals surface area contributed by atoms with Gasteiger partial charge >= 0.3 is 6.03 Å². The van der Waals surface area contributed by atoms with Crippen LogP contribution in [0, 0.1) is 11.7 Å². The van der Waals surface area contributed by atoms with Crippen molar-refractivity contribution >= 4 is 6.03 Å². The Morgan fingerprint density at radius 2 is 2.17 bits per heavy atom. The summed E-state index contributed by atoms with van der Waals surface area (Å²) in [6.07, 6.45) is 4.51. The summed E-state index contributed by atoms with van der Waals surface area (Å²) < 4.78 is 24.2. The standard InChI is InChI=1S/C18H25FN2O3/c1-11(13-5-6-15(19)17(9-13)23-2)20-18(22)21-14-7-8-24-16(10-14)12-3-4-12/h5-6,9,11-12,14,16H,3-4,7-8,10H2,1-2H3,(H2,20,21,22)/t11-,14+,16-/m0/s1. The molecule has 1 aromatic rings. The van der Waals surface area contributed by atoms with Crippen LogP contribution < -0.4 is 15.4 Å². The van der Waals surface area contributed by atoms with Crippen LogP contribution in [-0.4, -0.2) is 31.9 Å². The molecular weight excluding hydrogens is 311 g/mol. The summed E-state index contributed by atoms with van der Waals surface area (Å²) in [5.74, 6) is 0.452. The molecule has 0 spiro atoms. The Kier molecular flexibility index (Phi) is 5.23. The van der Waals surface area contributed by atoms with Crippen molar-refractivity contribution in [3.63, 3.8) is 0 Å². The predicted molar refractivity (Wildman–Crippen MR) is 88.5 cm³/mol. The second-order valence-corrected chi connectivity index (χ2v) is 6.70. The molecule has 132 valence electrons. The summed E-state index contributed by atoms with van der Waals surface area (Å²) in [6, 6.07) is 4.33. The van der Waals surface area contributed by atoms with Gasteiger partial charge in [-0.1, -0.05) is 6.07 Å². The van der Waals surface area contributed by atoms with E-state index in [1.807, 2.05) is 6.92 Å². The quantitative estimate of drug-likeness (QED) is 0.868. The summed E-state index contributed by atoms with van der Waals surface area (Å²) in [5.41, 5.74) is 0.797. The van der Waals surface area contributed by atoms with Crippen LogP contribution in [0.5, 0.6) is 5.75 Å². The highest BCUT2D eigenvalue weighted by molar-refractivity contribution is 5.74. The molecule has 1 aliphatic heterocycles. The molecule has 6 heteroatoms. The highest BCUT2D eigenvalue weighted by atomic mass is 19.1. The number of hydrogen-bond acceptors (Lipinski definition) is 3. The summed E-state index contributed by atoms with van der Waals surface area (Å²) >= 11 is 0. The second kappa shape index (κ2) is 7.38. The fourth-order valence-electron chi connectivity index (χ4n) is 3.21. The number of amides is 2. The minimum absolute atomic E-state index is 0.152. The molecular formula is C18H25FN2O3. The fraction of sp³-hybridized carbons (Fsp3) is 0.611. The van der Waals surface area contributed by atoms with Crippen LogP contribution in [0.15, 0.2) is 18.2 Å². The molecule has 1 heterocycles. The van der Waals surface area contributed by atoms with Crippen LogP contribution in [0.3, 0.4) is 0 Å². The van der Waals surface area contributed by atoms with Gasteiger partial charge in [0.15, 0.2) is 11.6 Å². The zero-order valence-corrected chi connectivity index (χ0v) is 14.2. The van der Waals surface area contributed by atoms with Gasteiger partial charge in [-0.2, -0.15) is 0 Å². The molecule has 24 heavy (non-hydrogen) atoms. The number of benzene rings is 1. The molecule has 0 aromatic heterocycles. The Morgan fingerprint density at radius 1 is 1.38 bits per heavy atom. The Bertz CT molecular complexity index is 592. The van der Waals surface area contributed by atoms with E-state index < -0.39 is 5.82 Å². The van der Waals surface area contributed by atoms with E-state index in [1.165, 1.54) is 26.0 Å². The number of nitrogens with one attached hydrogen (secondary N) is 2. The first-order chi connectivity index (χ1) is 11.6. The minimum Gasteiger partial charge on any atom is -0.494 e. The van der Waals surface area contributed by atoms with Gasteiger partial charge in [-0.3, -0.25) is 0 Å². The average Bonchev–Trinajstić information content (AvgIpc) is 3.40. The monoisotopic (exact) mass is 336 g/mol. The van der Waals surface area contributed by atoms with Crippen molar-refractivity contribution in [2.24, 2.45) is 5.92 Å². The van der Waals surface area contributed by atoms with Gasteiger partial charge in [0, 0.05) is 12.6 Å². The van der Waals surface area contributed by atoms with E-state index in [0.29, 0.717) is 18.6 Å². The summed E-state index contributed by atoms with van der Waals surface area (Å²) in [6.45, 7) is 2.57. The number of rotatable bonds is 5. The van der Waals surface area contributed by atoms with Crippen LogP contribution in [0.4, 0.5) is 9.18 Å². The SMILES string of the molecule is COc1cc([C@H](C)NC(=O)N[C@@H]2CCO[C@H](C3CC3)C2)ccc1F. The van der Waals surface area contributed by atoms with E-state index in [4.69, 9.17) is 9.47 Å². The lowest BCUT2D eigenvalue weighted by Crippen LogP contribution is -2.47. The third-order valence-corrected chi connectivity index (χ3v) is 4.82. The molecule has 1 aromatic carbocycles. The normalized spacial score (nSPS) is 25.0. The van der Waals surface area contributed by atoms with E-state index in [-0.39, 0.29) is 23.9 Å². The Balaban J connectivity index is 1.52. The van der Waals surface area contributed by atoms with E-state index in [0.717, 1.165) is 18.4 Å². The van der Waals surface area contributed by atoms with Gasteiger partial charge in [-0.15, -0.1) is 0 Å². The lowest BCUT2D eigenvalue weighted by Gasteiger charge is -2.30. The maximum absolute atomic E-state index is 13.5. The van der Waals surface area contributed by atoms with Crippen LogP contribution >= 0.6 is 0 Å². The first-order valence-electron chi connectivity index (χ1n) is 8.59. The summed E-state index contributed by atoms with van der Waals surface area (Å²) in [5, 5.41) is 5.94. The molecule has 3 rings (SSSR count). The van der Waals surface area contributed by atoms with Gasteiger partial charge in [0.1, 0.15) is 0 Å². The third kappa shape index (κ3) is 4.17. The molecule has 3 atom stereocenters. The van der Waals surface area contributed by atoms with E-state index in [9.17, 15) is 9.18 Å². The van der Waals surface area contributed by atoms with Crippen LogP contribution in [0.1, 0.15) is 44.2 Å². The number of urea groups is 1. The predicted octanol–water partition coefficient (Wildman–Crippen LogP) is 3.15. The maximum atomic E-state index is 13.5. The first-order valence-corrected chi connectivity index (χ1v) is 8.59.